The van der Waals surface area contributed by atoms with Crippen LogP contribution in [0.1, 0.15) is 40.5 Å². The molecule has 0 aliphatic carbocycles. The van der Waals surface area contributed by atoms with Crippen molar-refractivity contribution in [3.8, 4) is 0 Å². The number of nitrogen functional groups attached to an aromatic ring is 1. The monoisotopic (exact) mass is 306 g/mol. The third-order valence-corrected chi connectivity index (χ3v) is 4.56. The fourth-order valence-electron chi connectivity index (χ4n) is 2.50. The van der Waals surface area contributed by atoms with Crippen molar-refractivity contribution in [1.29, 1.82) is 0 Å². The van der Waals surface area contributed by atoms with Crippen molar-refractivity contribution in [2.75, 3.05) is 12.3 Å². The van der Waals surface area contributed by atoms with Crippen LogP contribution in [0.25, 0.3) is 0 Å². The van der Waals surface area contributed by atoms with Crippen LogP contribution in [-0.4, -0.2) is 32.2 Å². The normalized spacial score (nSPS) is 16.4. The zero-order valence-electron chi connectivity index (χ0n) is 11.8. The Morgan fingerprint density at radius 1 is 1.52 bits per heavy atom. The molecule has 0 aromatic carbocycles. The van der Waals surface area contributed by atoms with Crippen LogP contribution in [-0.2, 0) is 13.1 Å². The number of hydrogen-bond donors (Lipinski definition) is 2. The molecular formula is C14H18N4O2S. The van der Waals surface area contributed by atoms with E-state index in [1.54, 1.807) is 17.9 Å². The van der Waals surface area contributed by atoms with Crippen molar-refractivity contribution < 1.29 is 9.90 Å². The molecule has 2 aromatic rings. The molecule has 0 unspecified atom stereocenters. The summed E-state index contributed by atoms with van der Waals surface area (Å²) in [5.41, 5.74) is 7.97. The van der Waals surface area contributed by atoms with E-state index in [0.717, 1.165) is 18.7 Å². The number of thiophene rings is 1. The molecule has 0 saturated heterocycles. The third-order valence-electron chi connectivity index (χ3n) is 3.64. The van der Waals surface area contributed by atoms with Gasteiger partial charge in [-0.15, -0.1) is 11.3 Å². The lowest BCUT2D eigenvalue weighted by Gasteiger charge is -2.19. The van der Waals surface area contributed by atoms with Crippen LogP contribution in [0.2, 0.25) is 0 Å². The van der Waals surface area contributed by atoms with Crippen molar-refractivity contribution in [1.82, 2.24) is 14.7 Å². The molecule has 0 saturated carbocycles. The number of amides is 1. The second-order valence-corrected chi connectivity index (χ2v) is 6.16. The van der Waals surface area contributed by atoms with Crippen LogP contribution in [0.15, 0.2) is 17.5 Å². The molecule has 21 heavy (non-hydrogen) atoms. The van der Waals surface area contributed by atoms with Crippen LogP contribution in [0, 0.1) is 0 Å². The number of aliphatic hydroxyl groups excluding tert-OH is 1. The minimum atomic E-state index is -0.596. The summed E-state index contributed by atoms with van der Waals surface area (Å²) in [6, 6.07) is 3.62. The number of rotatable bonds is 2. The molecule has 112 valence electrons. The maximum atomic E-state index is 12.6. The Morgan fingerprint density at radius 3 is 3.00 bits per heavy atom. The highest BCUT2D eigenvalue weighted by Gasteiger charge is 2.24. The van der Waals surface area contributed by atoms with Gasteiger partial charge in [0.25, 0.3) is 5.91 Å². The minimum absolute atomic E-state index is 0.0317. The number of carbonyl (C=O) groups excluding carboxylic acids is 1. The van der Waals surface area contributed by atoms with Crippen LogP contribution >= 0.6 is 11.3 Å². The summed E-state index contributed by atoms with van der Waals surface area (Å²) in [6.07, 6.45) is 0.242. The number of hydrogen-bond acceptors (Lipinski definition) is 5. The number of aliphatic hydroxyl groups is 1. The smallest absolute Gasteiger partial charge is 0.266 e. The molecule has 7 heteroatoms. The Hall–Kier alpha value is -1.86. The Balaban J connectivity index is 1.85. The van der Waals surface area contributed by atoms with Gasteiger partial charge in [0, 0.05) is 13.1 Å². The first-order valence-electron chi connectivity index (χ1n) is 6.93. The largest absolute Gasteiger partial charge is 0.397 e. The summed E-state index contributed by atoms with van der Waals surface area (Å²) >= 11 is 1.37. The van der Waals surface area contributed by atoms with Crippen LogP contribution in [0.4, 0.5) is 5.69 Å². The number of fused-ring (bicyclic) bond motifs is 1. The van der Waals surface area contributed by atoms with E-state index in [9.17, 15) is 9.90 Å². The number of anilines is 1. The van der Waals surface area contributed by atoms with Crippen molar-refractivity contribution in [2.24, 2.45) is 0 Å². The van der Waals surface area contributed by atoms with Crippen molar-refractivity contribution in [2.45, 2.75) is 32.5 Å². The first kappa shape index (κ1) is 14.1. The van der Waals surface area contributed by atoms with E-state index < -0.39 is 6.10 Å². The predicted octanol–water partition coefficient (Wildman–Crippen LogP) is 1.63. The van der Waals surface area contributed by atoms with E-state index in [2.05, 4.69) is 5.10 Å². The number of nitrogens with two attached hydrogens (primary N) is 1. The topological polar surface area (TPSA) is 84.4 Å². The van der Waals surface area contributed by atoms with Gasteiger partial charge in [-0.1, -0.05) is 0 Å². The number of nitrogens with zero attached hydrogens (tertiary/aromatic N) is 3. The first-order chi connectivity index (χ1) is 10.1. The lowest BCUT2D eigenvalue weighted by Crippen LogP contribution is -2.30. The number of aryl methyl sites for hydroxylation is 1. The van der Waals surface area contributed by atoms with Gasteiger partial charge in [-0.2, -0.15) is 5.10 Å². The van der Waals surface area contributed by atoms with Gasteiger partial charge in [-0.25, -0.2) is 0 Å². The maximum absolute atomic E-state index is 12.6. The quantitative estimate of drug-likeness (QED) is 0.883. The fraction of sp³-hybridized carbons (Fsp3) is 0.429. The van der Waals surface area contributed by atoms with Crippen molar-refractivity contribution in [3.05, 3.63) is 33.8 Å². The van der Waals surface area contributed by atoms with E-state index in [1.807, 2.05) is 16.1 Å². The third kappa shape index (κ3) is 2.66. The van der Waals surface area contributed by atoms with Crippen molar-refractivity contribution in [3.63, 3.8) is 0 Å². The zero-order chi connectivity index (χ0) is 15.0. The predicted molar refractivity (Wildman–Crippen MR) is 80.9 cm³/mol. The molecule has 1 amide bonds. The molecule has 1 atom stereocenters. The van der Waals surface area contributed by atoms with Gasteiger partial charge in [0.05, 0.1) is 29.7 Å². The molecule has 2 aromatic heterocycles. The van der Waals surface area contributed by atoms with Crippen LogP contribution in [0.3, 0.4) is 0 Å². The molecule has 0 bridgehead atoms. The van der Waals surface area contributed by atoms with E-state index in [1.165, 1.54) is 11.3 Å². The summed E-state index contributed by atoms with van der Waals surface area (Å²) in [5.74, 6) is -0.0317. The van der Waals surface area contributed by atoms with Gasteiger partial charge in [0.2, 0.25) is 0 Å². The highest BCUT2D eigenvalue weighted by molar-refractivity contribution is 7.12. The lowest BCUT2D eigenvalue weighted by atomic mass is 10.2. The van der Waals surface area contributed by atoms with Gasteiger partial charge in [-0.3, -0.25) is 9.48 Å². The molecule has 6 nitrogen and oxygen atoms in total. The van der Waals surface area contributed by atoms with E-state index in [-0.39, 0.29) is 5.91 Å². The Labute approximate surface area is 126 Å². The van der Waals surface area contributed by atoms with Crippen molar-refractivity contribution >= 4 is 22.9 Å². The molecule has 0 spiro atoms. The van der Waals surface area contributed by atoms with Gasteiger partial charge < -0.3 is 15.7 Å². The maximum Gasteiger partial charge on any atom is 0.266 e. The Morgan fingerprint density at radius 2 is 2.33 bits per heavy atom. The highest BCUT2D eigenvalue weighted by atomic mass is 32.1. The standard InChI is InChI=1S/C14H18N4O2S/c1-9(19)12-7-10-8-17(4-2-5-18(10)16-12)14(20)13-11(15)3-6-21-13/h3,6-7,9,19H,2,4-5,8,15H2,1H3/t9-/m0/s1. The average Bonchev–Trinajstić information content (AvgIpc) is 2.99. The van der Waals surface area contributed by atoms with Crippen LogP contribution in [0.5, 0.6) is 0 Å². The van der Waals surface area contributed by atoms with E-state index >= 15 is 0 Å². The molecule has 3 N–H and O–H groups in total. The Kier molecular flexibility index (Phi) is 3.69. The molecule has 0 radical (unpaired) electrons. The molecular weight excluding hydrogens is 288 g/mol. The Bertz CT molecular complexity index is 662. The molecule has 3 rings (SSSR count). The summed E-state index contributed by atoms with van der Waals surface area (Å²) in [5, 5.41) is 15.9. The zero-order valence-corrected chi connectivity index (χ0v) is 12.6. The average molecular weight is 306 g/mol. The fourth-order valence-corrected chi connectivity index (χ4v) is 3.28. The molecule has 1 aliphatic heterocycles. The van der Waals surface area contributed by atoms with Gasteiger partial charge in [0.15, 0.2) is 0 Å². The second kappa shape index (κ2) is 5.50. The van der Waals surface area contributed by atoms with E-state index in [0.29, 0.717) is 29.3 Å². The summed E-state index contributed by atoms with van der Waals surface area (Å²) in [4.78, 5) is 15.0. The molecule has 1 aliphatic rings. The number of aromatic nitrogens is 2. The van der Waals surface area contributed by atoms with Gasteiger partial charge in [0.1, 0.15) is 4.88 Å². The van der Waals surface area contributed by atoms with E-state index in [4.69, 9.17) is 5.73 Å². The van der Waals surface area contributed by atoms with Crippen LogP contribution < -0.4 is 5.73 Å². The van der Waals surface area contributed by atoms with Gasteiger partial charge in [-0.05, 0) is 30.9 Å². The summed E-state index contributed by atoms with van der Waals surface area (Å²) in [6.45, 7) is 3.63. The van der Waals surface area contributed by atoms with Gasteiger partial charge >= 0.3 is 0 Å². The number of carbonyl (C=O) groups is 1. The molecule has 0 fully saturated rings. The highest BCUT2D eigenvalue weighted by Crippen LogP contribution is 2.24. The second-order valence-electron chi connectivity index (χ2n) is 5.24. The minimum Gasteiger partial charge on any atom is -0.397 e. The molecule has 3 heterocycles. The summed E-state index contributed by atoms with van der Waals surface area (Å²) < 4.78 is 1.88. The summed E-state index contributed by atoms with van der Waals surface area (Å²) in [7, 11) is 0. The lowest BCUT2D eigenvalue weighted by molar-refractivity contribution is 0.0751. The SMILES string of the molecule is C[C@H](O)c1cc2n(n1)CCCN(C(=O)c1sccc1N)C2. The first-order valence-corrected chi connectivity index (χ1v) is 7.81.